The first-order valence-electron chi connectivity index (χ1n) is 6.83. The molecule has 8 heteroatoms. The highest BCUT2D eigenvalue weighted by atomic mass is 32.1. The summed E-state index contributed by atoms with van der Waals surface area (Å²) in [5.41, 5.74) is 0.735. The minimum Gasteiger partial charge on any atom is -0.360 e. The molecule has 6 nitrogen and oxygen atoms in total. The highest BCUT2D eigenvalue weighted by Gasteiger charge is 2.08. The highest BCUT2D eigenvalue weighted by molar-refractivity contribution is 7.15. The van der Waals surface area contributed by atoms with E-state index in [0.717, 1.165) is 28.7 Å². The zero-order valence-electron chi connectivity index (χ0n) is 11.9. The van der Waals surface area contributed by atoms with E-state index in [-0.39, 0.29) is 5.82 Å². The van der Waals surface area contributed by atoms with E-state index < -0.39 is 0 Å². The first-order valence-corrected chi connectivity index (χ1v) is 7.65. The molecule has 0 bridgehead atoms. The van der Waals surface area contributed by atoms with E-state index in [9.17, 15) is 4.39 Å². The van der Waals surface area contributed by atoms with Crippen LogP contribution in [0.25, 0.3) is 11.4 Å². The van der Waals surface area contributed by atoms with E-state index >= 15 is 0 Å². The van der Waals surface area contributed by atoms with Crippen molar-refractivity contribution in [3.63, 3.8) is 0 Å². The molecule has 0 aliphatic rings. The van der Waals surface area contributed by atoms with Crippen LogP contribution in [0.2, 0.25) is 0 Å². The van der Waals surface area contributed by atoms with E-state index in [1.54, 1.807) is 12.1 Å². The number of anilines is 1. The first-order chi connectivity index (χ1) is 10.7. The molecule has 0 atom stereocenters. The minimum atomic E-state index is -0.287. The number of aryl methyl sites for hydroxylation is 2. The molecule has 2 aromatic heterocycles. The van der Waals surface area contributed by atoms with Crippen LogP contribution in [0.1, 0.15) is 17.3 Å². The van der Waals surface area contributed by atoms with Gasteiger partial charge >= 0.3 is 0 Å². The third kappa shape index (κ3) is 3.64. The van der Waals surface area contributed by atoms with Crippen molar-refractivity contribution in [1.29, 1.82) is 0 Å². The van der Waals surface area contributed by atoms with Crippen LogP contribution in [0.3, 0.4) is 0 Å². The Labute approximate surface area is 130 Å². The van der Waals surface area contributed by atoms with E-state index in [1.165, 1.54) is 23.5 Å². The van der Waals surface area contributed by atoms with Crippen LogP contribution in [0.15, 0.2) is 28.8 Å². The molecule has 0 fully saturated rings. The van der Waals surface area contributed by atoms with Gasteiger partial charge in [-0.15, -0.1) is 10.2 Å². The molecule has 0 saturated heterocycles. The highest BCUT2D eigenvalue weighted by Crippen LogP contribution is 2.17. The van der Waals surface area contributed by atoms with Gasteiger partial charge in [-0.3, -0.25) is 0 Å². The number of aromatic nitrogens is 4. The first kappa shape index (κ1) is 14.6. The molecule has 3 rings (SSSR count). The van der Waals surface area contributed by atoms with Crippen LogP contribution >= 0.6 is 11.3 Å². The Hall–Kier alpha value is -2.35. The molecular formula is C14H14FN5OS. The molecule has 0 radical (unpaired) electrons. The lowest BCUT2D eigenvalue weighted by molar-refractivity contribution is 0.377. The molecule has 0 unspecified atom stereocenters. The lowest BCUT2D eigenvalue weighted by Gasteiger charge is -1.98. The number of rotatable bonds is 6. The molecule has 2 heterocycles. The van der Waals surface area contributed by atoms with Gasteiger partial charge in [-0.1, -0.05) is 16.5 Å². The van der Waals surface area contributed by atoms with Gasteiger partial charge in [-0.05, 0) is 37.6 Å². The Morgan fingerprint density at radius 2 is 2.05 bits per heavy atom. The van der Waals surface area contributed by atoms with Crippen molar-refractivity contribution in [1.82, 2.24) is 20.3 Å². The predicted octanol–water partition coefficient (Wildman–Crippen LogP) is 3.08. The zero-order valence-corrected chi connectivity index (χ0v) is 12.7. The minimum absolute atomic E-state index is 0.287. The number of hydrogen-bond acceptors (Lipinski definition) is 7. The average molecular weight is 319 g/mol. The fraction of sp³-hybridized carbons (Fsp3) is 0.286. The summed E-state index contributed by atoms with van der Waals surface area (Å²) < 4.78 is 18.1. The molecule has 3 aromatic rings. The Bertz CT molecular complexity index is 740. The summed E-state index contributed by atoms with van der Waals surface area (Å²) in [6.07, 6.45) is 1.50. The van der Waals surface area contributed by atoms with Gasteiger partial charge in [0.15, 0.2) is 0 Å². The summed E-state index contributed by atoms with van der Waals surface area (Å²) in [6.45, 7) is 2.67. The smallest absolute Gasteiger partial charge is 0.227 e. The van der Waals surface area contributed by atoms with Gasteiger partial charge in [0, 0.05) is 18.5 Å². The lowest BCUT2D eigenvalue weighted by atomic mass is 10.2. The largest absolute Gasteiger partial charge is 0.360 e. The third-order valence-corrected chi connectivity index (χ3v) is 3.74. The standard InChI is InChI=1S/C14H14FN5OS/c1-9-18-19-14(22-9)16-8-2-3-12-17-13(20-21-12)10-4-6-11(15)7-5-10/h4-7H,2-3,8H2,1H3,(H,16,19). The van der Waals surface area contributed by atoms with Crippen LogP contribution in [-0.2, 0) is 6.42 Å². The van der Waals surface area contributed by atoms with Crippen molar-refractivity contribution in [3.8, 4) is 11.4 Å². The normalized spacial score (nSPS) is 10.8. The van der Waals surface area contributed by atoms with Gasteiger partial charge in [0.05, 0.1) is 0 Å². The van der Waals surface area contributed by atoms with Crippen LogP contribution in [0.4, 0.5) is 9.52 Å². The summed E-state index contributed by atoms with van der Waals surface area (Å²) in [5.74, 6) is 0.753. The van der Waals surface area contributed by atoms with Crippen LogP contribution in [0, 0.1) is 12.7 Å². The number of nitrogens with zero attached hydrogens (tertiary/aromatic N) is 4. The van der Waals surface area contributed by atoms with E-state index in [2.05, 4.69) is 25.7 Å². The second kappa shape index (κ2) is 6.61. The molecule has 0 aliphatic heterocycles. The Kier molecular flexibility index (Phi) is 4.38. The maximum Gasteiger partial charge on any atom is 0.227 e. The molecule has 0 saturated carbocycles. The summed E-state index contributed by atoms with van der Waals surface area (Å²) in [6, 6.07) is 6.01. The lowest BCUT2D eigenvalue weighted by Crippen LogP contribution is -2.02. The summed E-state index contributed by atoms with van der Waals surface area (Å²) in [5, 5.41) is 16.8. The Morgan fingerprint density at radius 3 is 2.77 bits per heavy atom. The van der Waals surface area contributed by atoms with Crippen LogP contribution < -0.4 is 5.32 Å². The van der Waals surface area contributed by atoms with Crippen molar-refractivity contribution in [3.05, 3.63) is 41.0 Å². The van der Waals surface area contributed by atoms with Crippen molar-refractivity contribution in [2.24, 2.45) is 0 Å². The molecule has 0 spiro atoms. The Morgan fingerprint density at radius 1 is 1.23 bits per heavy atom. The van der Waals surface area contributed by atoms with Gasteiger partial charge in [-0.25, -0.2) is 4.39 Å². The van der Waals surface area contributed by atoms with Gasteiger partial charge in [-0.2, -0.15) is 4.98 Å². The van der Waals surface area contributed by atoms with Crippen molar-refractivity contribution >= 4 is 16.5 Å². The summed E-state index contributed by atoms with van der Waals surface area (Å²) in [4.78, 5) is 4.31. The molecule has 0 amide bonds. The number of nitrogens with one attached hydrogen (secondary N) is 1. The van der Waals surface area contributed by atoms with Crippen molar-refractivity contribution in [2.45, 2.75) is 19.8 Å². The maximum absolute atomic E-state index is 12.9. The molecule has 1 N–H and O–H groups in total. The fourth-order valence-electron chi connectivity index (χ4n) is 1.88. The quantitative estimate of drug-likeness (QED) is 0.704. The number of hydrogen-bond donors (Lipinski definition) is 1. The SMILES string of the molecule is Cc1nnc(NCCCc2nc(-c3ccc(F)cc3)no2)s1. The van der Waals surface area contributed by atoms with Gasteiger partial charge in [0.1, 0.15) is 10.8 Å². The van der Waals surface area contributed by atoms with Crippen LogP contribution in [-0.4, -0.2) is 26.9 Å². The van der Waals surface area contributed by atoms with Crippen molar-refractivity contribution < 1.29 is 8.91 Å². The number of benzene rings is 1. The average Bonchev–Trinajstić information content (AvgIpc) is 3.14. The molecule has 22 heavy (non-hydrogen) atoms. The summed E-state index contributed by atoms with van der Waals surface area (Å²) >= 11 is 1.52. The fourth-order valence-corrected chi connectivity index (χ4v) is 2.49. The molecule has 1 aromatic carbocycles. The van der Waals surface area contributed by atoms with Crippen molar-refractivity contribution in [2.75, 3.05) is 11.9 Å². The second-order valence-electron chi connectivity index (χ2n) is 4.68. The summed E-state index contributed by atoms with van der Waals surface area (Å²) in [7, 11) is 0. The van der Waals surface area contributed by atoms with Gasteiger partial charge < -0.3 is 9.84 Å². The van der Waals surface area contributed by atoms with E-state index in [1.807, 2.05) is 6.92 Å². The Balaban J connectivity index is 1.50. The van der Waals surface area contributed by atoms with Gasteiger partial charge in [0.25, 0.3) is 0 Å². The van der Waals surface area contributed by atoms with Crippen LogP contribution in [0.5, 0.6) is 0 Å². The number of halogens is 1. The molecule has 0 aliphatic carbocycles. The third-order valence-electron chi connectivity index (χ3n) is 2.94. The molecule has 114 valence electrons. The monoisotopic (exact) mass is 319 g/mol. The van der Waals surface area contributed by atoms with E-state index in [0.29, 0.717) is 18.1 Å². The van der Waals surface area contributed by atoms with E-state index in [4.69, 9.17) is 4.52 Å². The topological polar surface area (TPSA) is 76.7 Å². The second-order valence-corrected chi connectivity index (χ2v) is 5.86. The zero-order chi connectivity index (χ0) is 15.4. The van der Waals surface area contributed by atoms with Gasteiger partial charge in [0.2, 0.25) is 16.8 Å². The molecular weight excluding hydrogens is 305 g/mol. The maximum atomic E-state index is 12.9. The predicted molar refractivity (Wildman–Crippen MR) is 81.1 cm³/mol.